The lowest BCUT2D eigenvalue weighted by molar-refractivity contribution is 0.0192. The molecular weight excluding hydrogens is 344 g/mol. The molecule has 3 rings (SSSR count). The Morgan fingerprint density at radius 1 is 1.26 bits per heavy atom. The van der Waals surface area contributed by atoms with E-state index in [0.29, 0.717) is 11.4 Å². The summed E-state index contributed by atoms with van der Waals surface area (Å²) in [5.74, 6) is -0.0656. The highest BCUT2D eigenvalue weighted by Crippen LogP contribution is 2.31. The van der Waals surface area contributed by atoms with E-state index < -0.39 is 5.91 Å². The quantitative estimate of drug-likeness (QED) is 0.723. The number of nitrogens with two attached hydrogens (primary N) is 1. The number of nitrogens with zero attached hydrogens (tertiary/aromatic N) is 2. The number of aliphatic hydroxyl groups excluding tert-OH is 1. The van der Waals surface area contributed by atoms with Crippen LogP contribution in [0.3, 0.4) is 0 Å². The number of amides is 1. The van der Waals surface area contributed by atoms with Crippen molar-refractivity contribution in [3.05, 3.63) is 41.6 Å². The van der Waals surface area contributed by atoms with Crippen molar-refractivity contribution >= 4 is 17.4 Å². The minimum absolute atomic E-state index is 0.173. The second-order valence-electron chi connectivity index (χ2n) is 7.61. The van der Waals surface area contributed by atoms with Crippen LogP contribution in [0, 0.1) is 0 Å². The second-order valence-corrected chi connectivity index (χ2v) is 7.61. The number of ether oxygens (including phenoxy) is 1. The molecule has 1 aliphatic carbocycles. The SMILES string of the molecule is COC(C)(C)c1ccc(Nc2nn(C3CCC(O)CC3)cc2C(N)=O)cc1. The monoisotopic (exact) mass is 372 g/mol. The van der Waals surface area contributed by atoms with Crippen molar-refractivity contribution in [1.29, 1.82) is 0 Å². The molecule has 7 nitrogen and oxygen atoms in total. The zero-order chi connectivity index (χ0) is 19.6. The first-order valence-corrected chi connectivity index (χ1v) is 9.30. The van der Waals surface area contributed by atoms with Gasteiger partial charge in [0.25, 0.3) is 5.91 Å². The Balaban J connectivity index is 1.80. The van der Waals surface area contributed by atoms with Crippen LogP contribution >= 0.6 is 0 Å². The van der Waals surface area contributed by atoms with Gasteiger partial charge < -0.3 is 20.9 Å². The lowest BCUT2D eigenvalue weighted by Gasteiger charge is -2.25. The Morgan fingerprint density at radius 3 is 2.44 bits per heavy atom. The number of primary amides is 1. The van der Waals surface area contributed by atoms with Crippen molar-refractivity contribution in [1.82, 2.24) is 9.78 Å². The van der Waals surface area contributed by atoms with Gasteiger partial charge in [0, 0.05) is 19.0 Å². The molecule has 1 heterocycles. The molecule has 1 aromatic heterocycles. The first kappa shape index (κ1) is 19.4. The lowest BCUT2D eigenvalue weighted by atomic mass is 9.93. The number of hydrogen-bond donors (Lipinski definition) is 3. The van der Waals surface area contributed by atoms with Gasteiger partial charge in [-0.25, -0.2) is 0 Å². The summed E-state index contributed by atoms with van der Waals surface area (Å²) in [4.78, 5) is 11.9. The summed E-state index contributed by atoms with van der Waals surface area (Å²) in [6.45, 7) is 4.01. The molecule has 0 radical (unpaired) electrons. The summed E-state index contributed by atoms with van der Waals surface area (Å²) in [6, 6.07) is 7.99. The van der Waals surface area contributed by atoms with Crippen LogP contribution < -0.4 is 11.1 Å². The highest BCUT2D eigenvalue weighted by Gasteiger charge is 2.24. The summed E-state index contributed by atoms with van der Waals surface area (Å²) in [5, 5.41) is 17.4. The third kappa shape index (κ3) is 4.31. The van der Waals surface area contributed by atoms with Gasteiger partial charge in [0.1, 0.15) is 5.56 Å². The molecule has 1 aromatic carbocycles. The Morgan fingerprint density at radius 2 is 1.89 bits per heavy atom. The van der Waals surface area contributed by atoms with Crippen molar-refractivity contribution in [3.8, 4) is 0 Å². The third-order valence-corrected chi connectivity index (χ3v) is 5.39. The largest absolute Gasteiger partial charge is 0.393 e. The van der Waals surface area contributed by atoms with E-state index in [9.17, 15) is 9.90 Å². The molecule has 0 saturated heterocycles. The third-order valence-electron chi connectivity index (χ3n) is 5.39. The molecular formula is C20H28N4O3. The van der Waals surface area contributed by atoms with Crippen LogP contribution in [0.1, 0.15) is 61.5 Å². The van der Waals surface area contributed by atoms with Gasteiger partial charge in [-0.15, -0.1) is 0 Å². The smallest absolute Gasteiger partial charge is 0.254 e. The highest BCUT2D eigenvalue weighted by atomic mass is 16.5. The number of hydrogen-bond acceptors (Lipinski definition) is 5. The van der Waals surface area contributed by atoms with E-state index in [-0.39, 0.29) is 17.7 Å². The number of nitrogens with one attached hydrogen (secondary N) is 1. The molecule has 2 aromatic rings. The molecule has 0 atom stereocenters. The molecule has 7 heteroatoms. The molecule has 0 spiro atoms. The standard InChI is InChI=1S/C20H28N4O3/c1-20(2,27-3)13-4-6-14(7-5-13)22-19-17(18(21)26)12-24(23-19)15-8-10-16(25)11-9-15/h4-7,12,15-16,25H,8-11H2,1-3H3,(H2,21,26)(H,22,23). The zero-order valence-electron chi connectivity index (χ0n) is 16.1. The van der Waals surface area contributed by atoms with Gasteiger partial charge >= 0.3 is 0 Å². The van der Waals surface area contributed by atoms with Gasteiger partial charge in [-0.1, -0.05) is 12.1 Å². The van der Waals surface area contributed by atoms with E-state index in [1.54, 1.807) is 18.0 Å². The van der Waals surface area contributed by atoms with Crippen LogP contribution in [0.25, 0.3) is 0 Å². The van der Waals surface area contributed by atoms with E-state index >= 15 is 0 Å². The van der Waals surface area contributed by atoms with Crippen LogP contribution in [0.2, 0.25) is 0 Å². The number of rotatable bonds is 6. The van der Waals surface area contributed by atoms with Crippen LogP contribution in [0.5, 0.6) is 0 Å². The van der Waals surface area contributed by atoms with Crippen molar-refractivity contribution < 1.29 is 14.6 Å². The molecule has 1 saturated carbocycles. The van der Waals surface area contributed by atoms with Crippen LogP contribution in [0.15, 0.2) is 30.5 Å². The molecule has 1 aliphatic rings. The number of aromatic nitrogens is 2. The molecule has 1 amide bonds. The topological polar surface area (TPSA) is 102 Å². The highest BCUT2D eigenvalue weighted by molar-refractivity contribution is 5.98. The Bertz CT molecular complexity index is 790. The molecule has 4 N–H and O–H groups in total. The Hall–Kier alpha value is -2.38. The summed E-state index contributed by atoms with van der Waals surface area (Å²) in [7, 11) is 1.68. The van der Waals surface area contributed by atoms with Gasteiger partial charge in [0.05, 0.1) is 17.7 Å². The van der Waals surface area contributed by atoms with Crippen LogP contribution in [-0.4, -0.2) is 34.0 Å². The van der Waals surface area contributed by atoms with E-state index in [2.05, 4.69) is 10.4 Å². The van der Waals surface area contributed by atoms with Crippen molar-refractivity contribution in [3.63, 3.8) is 0 Å². The molecule has 0 bridgehead atoms. The maximum absolute atomic E-state index is 11.9. The predicted molar refractivity (Wildman–Crippen MR) is 104 cm³/mol. The molecule has 0 aliphatic heterocycles. The summed E-state index contributed by atoms with van der Waals surface area (Å²) < 4.78 is 7.30. The van der Waals surface area contributed by atoms with E-state index in [0.717, 1.165) is 36.9 Å². The molecule has 1 fully saturated rings. The maximum atomic E-state index is 11.9. The fourth-order valence-electron chi connectivity index (χ4n) is 3.38. The Labute approximate surface area is 159 Å². The predicted octanol–water partition coefficient (Wildman–Crippen LogP) is 3.08. The summed E-state index contributed by atoms with van der Waals surface area (Å²) in [5.41, 5.74) is 7.41. The van der Waals surface area contributed by atoms with Crippen LogP contribution in [0.4, 0.5) is 11.5 Å². The van der Waals surface area contributed by atoms with Crippen molar-refractivity contribution in [2.45, 2.75) is 57.3 Å². The average molecular weight is 372 g/mol. The minimum Gasteiger partial charge on any atom is -0.393 e. The number of benzene rings is 1. The van der Waals surface area contributed by atoms with E-state index in [1.165, 1.54) is 0 Å². The van der Waals surface area contributed by atoms with E-state index in [4.69, 9.17) is 10.5 Å². The number of anilines is 2. The van der Waals surface area contributed by atoms with E-state index in [1.807, 2.05) is 38.1 Å². The molecule has 27 heavy (non-hydrogen) atoms. The normalized spacial score (nSPS) is 20.4. The average Bonchev–Trinajstić information content (AvgIpc) is 3.07. The van der Waals surface area contributed by atoms with Crippen LogP contribution in [-0.2, 0) is 10.3 Å². The first-order chi connectivity index (χ1) is 12.8. The minimum atomic E-state index is -0.517. The Kier molecular flexibility index (Phi) is 5.53. The van der Waals surface area contributed by atoms with Crippen molar-refractivity contribution in [2.24, 2.45) is 5.73 Å². The van der Waals surface area contributed by atoms with Gasteiger partial charge in [0.15, 0.2) is 5.82 Å². The fourth-order valence-corrected chi connectivity index (χ4v) is 3.38. The van der Waals surface area contributed by atoms with Gasteiger partial charge in [-0.3, -0.25) is 9.48 Å². The number of carbonyl (C=O) groups is 1. The number of carbonyl (C=O) groups excluding carboxylic acids is 1. The number of aliphatic hydroxyl groups is 1. The molecule has 0 unspecified atom stereocenters. The van der Waals surface area contributed by atoms with Gasteiger partial charge in [-0.05, 0) is 57.2 Å². The lowest BCUT2D eigenvalue weighted by Crippen LogP contribution is -2.21. The number of methoxy groups -OCH3 is 1. The second kappa shape index (κ2) is 7.70. The summed E-state index contributed by atoms with van der Waals surface area (Å²) >= 11 is 0. The summed E-state index contributed by atoms with van der Waals surface area (Å²) in [6.07, 6.45) is 4.63. The maximum Gasteiger partial charge on any atom is 0.254 e. The van der Waals surface area contributed by atoms with Gasteiger partial charge in [0.2, 0.25) is 0 Å². The fraction of sp³-hybridized carbons (Fsp3) is 0.500. The van der Waals surface area contributed by atoms with Gasteiger partial charge in [-0.2, -0.15) is 5.10 Å². The first-order valence-electron chi connectivity index (χ1n) is 9.30. The zero-order valence-corrected chi connectivity index (χ0v) is 16.1. The molecule has 146 valence electrons. The van der Waals surface area contributed by atoms with Crippen molar-refractivity contribution in [2.75, 3.05) is 12.4 Å².